The molecule has 0 spiro atoms. The Labute approximate surface area is 173 Å². The van der Waals surface area contributed by atoms with Gasteiger partial charge in [-0.25, -0.2) is 4.79 Å². The molecular formula is C20H37N3O4S. The summed E-state index contributed by atoms with van der Waals surface area (Å²) in [5, 5.41) is 17.2. The number of piperidine rings is 1. The number of fused-ring (bicyclic) bond motifs is 1. The number of likely N-dealkylation sites (tertiary alicyclic amines) is 1. The summed E-state index contributed by atoms with van der Waals surface area (Å²) in [6.07, 6.45) is 1.29. The van der Waals surface area contributed by atoms with E-state index < -0.39 is 18.2 Å². The van der Waals surface area contributed by atoms with E-state index in [4.69, 9.17) is 4.74 Å². The molecule has 0 radical (unpaired) electrons. The smallest absolute Gasteiger partial charge is 0.407 e. The molecule has 0 aromatic rings. The second kappa shape index (κ2) is 10.2. The van der Waals surface area contributed by atoms with Crippen molar-refractivity contribution in [1.82, 2.24) is 15.5 Å². The van der Waals surface area contributed by atoms with E-state index in [1.165, 1.54) is 0 Å². The Balaban J connectivity index is 2.06. The van der Waals surface area contributed by atoms with Gasteiger partial charge in [-0.1, -0.05) is 6.92 Å². The molecule has 0 aliphatic carbocycles. The van der Waals surface area contributed by atoms with E-state index in [1.807, 2.05) is 39.5 Å². The van der Waals surface area contributed by atoms with Gasteiger partial charge in [0.15, 0.2) is 0 Å². The number of aliphatic hydroxyl groups excluding tert-OH is 1. The lowest BCUT2D eigenvalue weighted by atomic mass is 9.89. The molecule has 7 nitrogen and oxygen atoms in total. The minimum absolute atomic E-state index is 0.0250. The number of carbonyl (C=O) groups is 2. The van der Waals surface area contributed by atoms with Crippen molar-refractivity contribution in [2.45, 2.75) is 82.9 Å². The third-order valence-corrected chi connectivity index (χ3v) is 6.89. The maximum absolute atomic E-state index is 13.0. The average molecular weight is 416 g/mol. The molecule has 0 bridgehead atoms. The van der Waals surface area contributed by atoms with Gasteiger partial charge in [-0.05, 0) is 58.6 Å². The lowest BCUT2D eigenvalue weighted by Gasteiger charge is -2.43. The monoisotopic (exact) mass is 415 g/mol. The van der Waals surface area contributed by atoms with E-state index in [-0.39, 0.29) is 17.5 Å². The van der Waals surface area contributed by atoms with Crippen LogP contribution in [0.4, 0.5) is 4.79 Å². The highest BCUT2D eigenvalue weighted by Crippen LogP contribution is 2.40. The van der Waals surface area contributed by atoms with Crippen LogP contribution < -0.4 is 10.6 Å². The van der Waals surface area contributed by atoms with Crippen LogP contribution in [0.1, 0.15) is 53.9 Å². The van der Waals surface area contributed by atoms with E-state index in [0.717, 1.165) is 25.1 Å². The molecule has 2 rings (SSSR count). The highest BCUT2D eigenvalue weighted by atomic mass is 32.2. The van der Waals surface area contributed by atoms with Crippen LogP contribution in [0.3, 0.4) is 0 Å². The SMILES string of the molecule is CCOC(=O)NC(CC)C(O)CN1CC2CCSC2CC1C(=O)NC(C)(C)C. The Morgan fingerprint density at radius 1 is 1.32 bits per heavy atom. The summed E-state index contributed by atoms with van der Waals surface area (Å²) < 4.78 is 4.94. The summed E-state index contributed by atoms with van der Waals surface area (Å²) in [5.74, 6) is 1.73. The molecular weight excluding hydrogens is 378 g/mol. The van der Waals surface area contributed by atoms with Crippen LogP contribution in [0.15, 0.2) is 0 Å². The van der Waals surface area contributed by atoms with Crippen LogP contribution in [0.25, 0.3) is 0 Å². The van der Waals surface area contributed by atoms with Crippen molar-refractivity contribution in [3.8, 4) is 0 Å². The van der Waals surface area contributed by atoms with E-state index in [9.17, 15) is 14.7 Å². The van der Waals surface area contributed by atoms with Gasteiger partial charge < -0.3 is 20.5 Å². The fourth-order valence-electron chi connectivity index (χ4n) is 4.05. The number of β-amino-alcohol motifs (C(OH)–C–C–N with tert-alkyl or cyclic N) is 1. The number of aliphatic hydroxyl groups is 1. The minimum atomic E-state index is -0.759. The summed E-state index contributed by atoms with van der Waals surface area (Å²) in [4.78, 5) is 26.8. The number of hydrogen-bond donors (Lipinski definition) is 3. The number of carbonyl (C=O) groups excluding carboxylic acids is 2. The van der Waals surface area contributed by atoms with Crippen molar-refractivity contribution in [3.05, 3.63) is 0 Å². The Hall–Kier alpha value is -0.990. The molecule has 0 aromatic heterocycles. The van der Waals surface area contributed by atoms with Gasteiger partial charge in [-0.15, -0.1) is 0 Å². The fourth-order valence-corrected chi connectivity index (χ4v) is 5.60. The van der Waals surface area contributed by atoms with Gasteiger partial charge in [0.25, 0.3) is 0 Å². The fraction of sp³-hybridized carbons (Fsp3) is 0.900. The summed E-state index contributed by atoms with van der Waals surface area (Å²) in [6.45, 7) is 11.1. The molecule has 5 unspecified atom stereocenters. The quantitative estimate of drug-likeness (QED) is 0.589. The van der Waals surface area contributed by atoms with Crippen LogP contribution >= 0.6 is 11.8 Å². The first-order valence-electron chi connectivity index (χ1n) is 10.4. The van der Waals surface area contributed by atoms with Gasteiger partial charge in [0.1, 0.15) is 0 Å². The first-order valence-corrected chi connectivity index (χ1v) is 11.5. The first-order chi connectivity index (χ1) is 13.1. The average Bonchev–Trinajstić information content (AvgIpc) is 3.04. The Morgan fingerprint density at radius 3 is 2.64 bits per heavy atom. The molecule has 2 fully saturated rings. The van der Waals surface area contributed by atoms with E-state index in [1.54, 1.807) is 6.92 Å². The van der Waals surface area contributed by atoms with Gasteiger partial charge in [0.2, 0.25) is 5.91 Å². The van der Waals surface area contributed by atoms with E-state index in [0.29, 0.717) is 30.7 Å². The molecule has 5 atom stereocenters. The standard InChI is InChI=1S/C20H37N3O4S/c1-6-14(21-19(26)27-7-2)16(24)12-23-11-13-8-9-28-17(13)10-15(23)18(25)22-20(3,4)5/h13-17,24H,6-12H2,1-5H3,(H,21,26)(H,22,25). The zero-order chi connectivity index (χ0) is 20.9. The third kappa shape index (κ3) is 6.52. The number of rotatable bonds is 7. The van der Waals surface area contributed by atoms with Gasteiger partial charge in [-0.2, -0.15) is 11.8 Å². The lowest BCUT2D eigenvalue weighted by molar-refractivity contribution is -0.130. The number of nitrogens with zero attached hydrogens (tertiary/aromatic N) is 1. The van der Waals surface area contributed by atoms with Gasteiger partial charge in [-0.3, -0.25) is 9.69 Å². The zero-order valence-electron chi connectivity index (χ0n) is 17.9. The molecule has 2 heterocycles. The highest BCUT2D eigenvalue weighted by Gasteiger charge is 2.43. The second-order valence-electron chi connectivity index (χ2n) is 8.85. The van der Waals surface area contributed by atoms with Crippen molar-refractivity contribution >= 4 is 23.8 Å². The molecule has 0 saturated carbocycles. The first kappa shape index (κ1) is 23.3. The summed E-state index contributed by atoms with van der Waals surface area (Å²) in [7, 11) is 0. The molecule has 162 valence electrons. The third-order valence-electron chi connectivity index (χ3n) is 5.42. The minimum Gasteiger partial charge on any atom is -0.450 e. The summed E-state index contributed by atoms with van der Waals surface area (Å²) in [6, 6.07) is -0.651. The van der Waals surface area contributed by atoms with Crippen LogP contribution in [0, 0.1) is 5.92 Å². The number of alkyl carbamates (subject to hydrolysis) is 1. The number of hydrogen-bond acceptors (Lipinski definition) is 6. The molecule has 8 heteroatoms. The number of thioether (sulfide) groups is 1. The van der Waals surface area contributed by atoms with Crippen LogP contribution in [0.5, 0.6) is 0 Å². The molecule has 2 amide bonds. The van der Waals surface area contributed by atoms with Crippen molar-refractivity contribution < 1.29 is 19.4 Å². The largest absolute Gasteiger partial charge is 0.450 e. The zero-order valence-corrected chi connectivity index (χ0v) is 18.7. The van der Waals surface area contributed by atoms with E-state index in [2.05, 4.69) is 15.5 Å². The predicted octanol–water partition coefficient (Wildman–Crippen LogP) is 1.98. The van der Waals surface area contributed by atoms with Crippen molar-refractivity contribution in [1.29, 1.82) is 0 Å². The molecule has 2 aliphatic rings. The molecule has 2 aliphatic heterocycles. The van der Waals surface area contributed by atoms with Crippen LogP contribution in [0.2, 0.25) is 0 Å². The molecule has 2 saturated heterocycles. The van der Waals surface area contributed by atoms with Gasteiger partial charge in [0, 0.05) is 23.9 Å². The van der Waals surface area contributed by atoms with Crippen LogP contribution in [-0.2, 0) is 9.53 Å². The number of nitrogens with one attached hydrogen (secondary N) is 2. The molecule has 3 N–H and O–H groups in total. The van der Waals surface area contributed by atoms with Crippen LogP contribution in [-0.4, -0.2) is 76.4 Å². The Kier molecular flexibility index (Phi) is 8.45. The van der Waals surface area contributed by atoms with E-state index >= 15 is 0 Å². The van der Waals surface area contributed by atoms with Gasteiger partial charge in [0.05, 0.1) is 24.8 Å². The highest BCUT2D eigenvalue weighted by molar-refractivity contribution is 8.00. The van der Waals surface area contributed by atoms with Gasteiger partial charge >= 0.3 is 6.09 Å². The number of amides is 2. The molecule has 0 aromatic carbocycles. The normalized spacial score (nSPS) is 27.6. The lowest BCUT2D eigenvalue weighted by Crippen LogP contribution is -2.60. The summed E-state index contributed by atoms with van der Waals surface area (Å²) >= 11 is 1.97. The maximum Gasteiger partial charge on any atom is 0.407 e. The van der Waals surface area contributed by atoms with Crippen molar-refractivity contribution in [2.75, 3.05) is 25.4 Å². The summed E-state index contributed by atoms with van der Waals surface area (Å²) in [5.41, 5.74) is -0.293. The second-order valence-corrected chi connectivity index (χ2v) is 10.2. The predicted molar refractivity (Wildman–Crippen MR) is 112 cm³/mol. The Morgan fingerprint density at radius 2 is 2.04 bits per heavy atom. The van der Waals surface area contributed by atoms with Crippen molar-refractivity contribution in [2.24, 2.45) is 5.92 Å². The molecule has 28 heavy (non-hydrogen) atoms. The maximum atomic E-state index is 13.0. The number of ether oxygens (including phenoxy) is 1. The Bertz CT molecular complexity index is 540. The van der Waals surface area contributed by atoms with Crippen molar-refractivity contribution in [3.63, 3.8) is 0 Å². The topological polar surface area (TPSA) is 90.9 Å².